The Kier molecular flexibility index (Phi) is 6.56. The summed E-state index contributed by atoms with van der Waals surface area (Å²) in [4.78, 5) is 37.6. The van der Waals surface area contributed by atoms with Gasteiger partial charge in [-0.1, -0.05) is 36.4 Å². The number of aliphatic carboxylic acids is 1. The molecule has 0 spiro atoms. The van der Waals surface area contributed by atoms with Crippen LogP contribution in [0.2, 0.25) is 0 Å². The van der Waals surface area contributed by atoms with Crippen LogP contribution >= 0.6 is 11.8 Å². The van der Waals surface area contributed by atoms with Gasteiger partial charge in [0.2, 0.25) is 0 Å². The molecule has 0 saturated carbocycles. The molecule has 0 bridgehead atoms. The summed E-state index contributed by atoms with van der Waals surface area (Å²) >= 11 is 1.49. The van der Waals surface area contributed by atoms with E-state index in [9.17, 15) is 14.4 Å². The molecule has 0 aliphatic carbocycles. The number of fused-ring (bicyclic) bond motifs is 2. The second-order valence-electron chi connectivity index (χ2n) is 7.28. The number of benzene rings is 3. The highest BCUT2D eigenvalue weighted by molar-refractivity contribution is 7.99. The molecule has 2 N–H and O–H groups in total. The zero-order valence-corrected chi connectivity index (χ0v) is 18.0. The lowest BCUT2D eigenvalue weighted by Gasteiger charge is -2.12. The number of carboxylic acids is 1. The molecule has 0 aromatic heterocycles. The molecule has 6 nitrogen and oxygen atoms in total. The molecule has 162 valence electrons. The number of ether oxygens (including phenoxy) is 1. The maximum Gasteiger partial charge on any atom is 0.303 e. The summed E-state index contributed by atoms with van der Waals surface area (Å²) in [5.41, 5.74) is 2.74. The van der Waals surface area contributed by atoms with Gasteiger partial charge in [0, 0.05) is 28.0 Å². The SMILES string of the molecule is O=C(O)CCCSc1ccccc1NC(=O)c1ccc2c(c1)C(=O)c1ccccc1CO2. The fourth-order valence-electron chi connectivity index (χ4n) is 3.44. The van der Waals surface area contributed by atoms with E-state index in [-0.39, 0.29) is 18.1 Å². The molecule has 0 atom stereocenters. The van der Waals surface area contributed by atoms with E-state index >= 15 is 0 Å². The van der Waals surface area contributed by atoms with Gasteiger partial charge in [0.25, 0.3) is 5.91 Å². The van der Waals surface area contributed by atoms with Crippen molar-refractivity contribution in [3.8, 4) is 5.75 Å². The molecule has 1 heterocycles. The Balaban J connectivity index is 1.53. The highest BCUT2D eigenvalue weighted by Gasteiger charge is 2.23. The number of anilines is 1. The highest BCUT2D eigenvalue weighted by Crippen LogP contribution is 2.31. The number of carboxylic acid groups (broad SMARTS) is 1. The Morgan fingerprint density at radius 3 is 2.62 bits per heavy atom. The van der Waals surface area contributed by atoms with Gasteiger partial charge in [0.1, 0.15) is 12.4 Å². The number of hydrogen-bond donors (Lipinski definition) is 2. The second kappa shape index (κ2) is 9.70. The normalized spacial score (nSPS) is 12.2. The number of amides is 1. The predicted molar refractivity (Wildman–Crippen MR) is 123 cm³/mol. The average Bonchev–Trinajstić information content (AvgIpc) is 2.94. The van der Waals surface area contributed by atoms with E-state index in [4.69, 9.17) is 9.84 Å². The predicted octanol–water partition coefficient (Wildman–Crippen LogP) is 5.02. The first-order chi connectivity index (χ1) is 15.5. The maximum absolute atomic E-state index is 13.1. The van der Waals surface area contributed by atoms with Gasteiger partial charge in [-0.25, -0.2) is 0 Å². The number of para-hydroxylation sites is 1. The third-order valence-corrected chi connectivity index (χ3v) is 6.22. The number of nitrogens with one attached hydrogen (secondary N) is 1. The van der Waals surface area contributed by atoms with Crippen LogP contribution in [0.4, 0.5) is 5.69 Å². The van der Waals surface area contributed by atoms with Crippen LogP contribution in [0.15, 0.2) is 71.6 Å². The molecule has 1 aliphatic heterocycles. The molecule has 32 heavy (non-hydrogen) atoms. The second-order valence-corrected chi connectivity index (χ2v) is 8.42. The molecule has 7 heteroatoms. The number of hydrogen-bond acceptors (Lipinski definition) is 5. The lowest BCUT2D eigenvalue weighted by atomic mass is 9.98. The van der Waals surface area contributed by atoms with Crippen molar-refractivity contribution in [1.29, 1.82) is 0 Å². The number of rotatable bonds is 7. The fraction of sp³-hybridized carbons (Fsp3) is 0.160. The summed E-state index contributed by atoms with van der Waals surface area (Å²) in [5.74, 6) is -0.244. The summed E-state index contributed by atoms with van der Waals surface area (Å²) in [6, 6.07) is 19.5. The Labute approximate surface area is 189 Å². The molecular weight excluding hydrogens is 426 g/mol. The minimum absolute atomic E-state index is 0.107. The molecule has 4 rings (SSSR count). The van der Waals surface area contributed by atoms with Crippen LogP contribution < -0.4 is 10.1 Å². The first-order valence-corrected chi connectivity index (χ1v) is 11.2. The van der Waals surface area contributed by atoms with E-state index in [0.717, 1.165) is 10.5 Å². The van der Waals surface area contributed by atoms with Crippen molar-refractivity contribution >= 4 is 35.1 Å². The molecule has 0 fully saturated rings. The smallest absolute Gasteiger partial charge is 0.303 e. The quantitative estimate of drug-likeness (QED) is 0.390. The van der Waals surface area contributed by atoms with Gasteiger partial charge in [-0.2, -0.15) is 0 Å². The van der Waals surface area contributed by atoms with E-state index in [2.05, 4.69) is 5.32 Å². The molecule has 0 unspecified atom stereocenters. The third kappa shape index (κ3) is 4.84. The van der Waals surface area contributed by atoms with Crippen molar-refractivity contribution in [3.63, 3.8) is 0 Å². The average molecular weight is 448 g/mol. The molecule has 1 aliphatic rings. The largest absolute Gasteiger partial charge is 0.488 e. The van der Waals surface area contributed by atoms with Gasteiger partial charge in [-0.3, -0.25) is 14.4 Å². The molecule has 3 aromatic rings. The van der Waals surface area contributed by atoms with Crippen LogP contribution in [0.3, 0.4) is 0 Å². The Hall–Kier alpha value is -3.58. The summed E-state index contributed by atoms with van der Waals surface area (Å²) in [6.07, 6.45) is 0.645. The standard InChI is InChI=1S/C25H21NO5S/c27-23(28)10-5-13-32-22-9-4-3-8-20(22)26-25(30)16-11-12-21-19(14-16)24(29)18-7-2-1-6-17(18)15-31-21/h1-4,6-9,11-12,14H,5,10,13,15H2,(H,26,30)(H,27,28). The van der Waals surface area contributed by atoms with E-state index < -0.39 is 5.97 Å². The van der Waals surface area contributed by atoms with Crippen molar-refractivity contribution in [2.45, 2.75) is 24.3 Å². The van der Waals surface area contributed by atoms with Crippen LogP contribution in [-0.2, 0) is 11.4 Å². The molecule has 3 aromatic carbocycles. The van der Waals surface area contributed by atoms with Crippen molar-refractivity contribution in [2.24, 2.45) is 0 Å². The summed E-state index contributed by atoms with van der Waals surface area (Å²) < 4.78 is 5.79. The van der Waals surface area contributed by atoms with Gasteiger partial charge < -0.3 is 15.2 Å². The van der Waals surface area contributed by atoms with Gasteiger partial charge in [0.05, 0.1) is 11.3 Å². The molecule has 0 saturated heterocycles. The van der Waals surface area contributed by atoms with Crippen LogP contribution in [0.1, 0.15) is 44.7 Å². The van der Waals surface area contributed by atoms with Crippen molar-refractivity contribution in [3.05, 3.63) is 89.0 Å². The Morgan fingerprint density at radius 2 is 1.78 bits per heavy atom. The van der Waals surface area contributed by atoms with Gasteiger partial charge in [-0.15, -0.1) is 11.8 Å². The van der Waals surface area contributed by atoms with Crippen LogP contribution in [-0.4, -0.2) is 28.5 Å². The van der Waals surface area contributed by atoms with Gasteiger partial charge in [0.15, 0.2) is 5.78 Å². The van der Waals surface area contributed by atoms with E-state index in [0.29, 0.717) is 46.9 Å². The maximum atomic E-state index is 13.1. The molecular formula is C25H21NO5S. The Morgan fingerprint density at radius 1 is 1.00 bits per heavy atom. The van der Waals surface area contributed by atoms with Gasteiger partial charge >= 0.3 is 5.97 Å². The third-order valence-electron chi connectivity index (χ3n) is 5.06. The van der Waals surface area contributed by atoms with Crippen molar-refractivity contribution < 1.29 is 24.2 Å². The van der Waals surface area contributed by atoms with E-state index in [1.54, 1.807) is 30.3 Å². The first-order valence-electron chi connectivity index (χ1n) is 10.2. The van der Waals surface area contributed by atoms with Crippen LogP contribution in [0.5, 0.6) is 5.75 Å². The van der Waals surface area contributed by atoms with E-state index in [1.165, 1.54) is 11.8 Å². The lowest BCUT2D eigenvalue weighted by Crippen LogP contribution is -2.14. The number of carbonyl (C=O) groups is 3. The number of thioether (sulfide) groups is 1. The molecule has 0 radical (unpaired) electrons. The van der Waals surface area contributed by atoms with Crippen molar-refractivity contribution in [2.75, 3.05) is 11.1 Å². The minimum Gasteiger partial charge on any atom is -0.488 e. The zero-order valence-electron chi connectivity index (χ0n) is 17.2. The molecule has 1 amide bonds. The van der Waals surface area contributed by atoms with Crippen LogP contribution in [0.25, 0.3) is 0 Å². The summed E-state index contributed by atoms with van der Waals surface area (Å²) in [6.45, 7) is 0.299. The lowest BCUT2D eigenvalue weighted by molar-refractivity contribution is -0.137. The summed E-state index contributed by atoms with van der Waals surface area (Å²) in [5, 5.41) is 11.7. The topological polar surface area (TPSA) is 92.7 Å². The van der Waals surface area contributed by atoms with E-state index in [1.807, 2.05) is 36.4 Å². The van der Waals surface area contributed by atoms with Gasteiger partial charge in [-0.05, 0) is 42.5 Å². The minimum atomic E-state index is -0.823. The fourth-order valence-corrected chi connectivity index (χ4v) is 4.40. The number of ketones is 1. The number of carbonyl (C=O) groups excluding carboxylic acids is 2. The van der Waals surface area contributed by atoms with Crippen LogP contribution in [0, 0.1) is 0 Å². The first kappa shape index (κ1) is 21.6. The zero-order chi connectivity index (χ0) is 22.5. The monoisotopic (exact) mass is 447 g/mol. The Bertz CT molecular complexity index is 1190. The van der Waals surface area contributed by atoms with Crippen molar-refractivity contribution in [1.82, 2.24) is 0 Å². The highest BCUT2D eigenvalue weighted by atomic mass is 32.2. The summed E-state index contributed by atoms with van der Waals surface area (Å²) in [7, 11) is 0.